The van der Waals surface area contributed by atoms with Gasteiger partial charge in [0.2, 0.25) is 0 Å². The monoisotopic (exact) mass is 416 g/mol. The van der Waals surface area contributed by atoms with Crippen LogP contribution in [0.25, 0.3) is 0 Å². The fourth-order valence-electron chi connectivity index (χ4n) is 4.21. The lowest BCUT2D eigenvalue weighted by Gasteiger charge is -2.35. The number of para-hydroxylation sites is 2. The molecule has 0 aromatic heterocycles. The molecular weight excluding hydrogens is 388 g/mol. The molecule has 2 atom stereocenters. The minimum atomic E-state index is 0. The van der Waals surface area contributed by atoms with E-state index in [-0.39, 0.29) is 24.9 Å². The number of carbonyl (C=O) groups excluding carboxylic acids is 1. The summed E-state index contributed by atoms with van der Waals surface area (Å²) in [4.78, 5) is 14.6. The lowest BCUT2D eigenvalue weighted by molar-refractivity contribution is -0.134. The van der Waals surface area contributed by atoms with E-state index < -0.39 is 0 Å². The van der Waals surface area contributed by atoms with E-state index in [4.69, 9.17) is 9.47 Å². The lowest BCUT2D eigenvalue weighted by Crippen LogP contribution is -2.49. The zero-order valence-electron chi connectivity index (χ0n) is 16.8. The number of nitrogens with one attached hydrogen (secondary N) is 1. The Bertz CT molecular complexity index is 790. The summed E-state index contributed by atoms with van der Waals surface area (Å²) in [5.41, 5.74) is 1.09. The fraction of sp³-hybridized carbons (Fsp3) is 0.435. The number of rotatable bonds is 7. The van der Waals surface area contributed by atoms with Crippen molar-refractivity contribution in [2.24, 2.45) is 0 Å². The summed E-state index contributed by atoms with van der Waals surface area (Å²) in [5, 5.41) is 3.62. The van der Waals surface area contributed by atoms with E-state index in [9.17, 15) is 4.79 Å². The second kappa shape index (κ2) is 9.99. The van der Waals surface area contributed by atoms with E-state index in [1.807, 2.05) is 66.5 Å². The number of carbonyl (C=O) groups is 1. The first-order valence-electron chi connectivity index (χ1n) is 10.1. The standard InChI is InChI=1S/C23H28N2O3.ClH/c1-25(20-13-18-11-12-19(14-20)24-18)23(26)16-28-22-10-6-5-9-21(22)27-15-17-7-3-2-4-8-17;/h2-10,18-20,24H,11-16H2,1H3;1H. The molecule has 6 heteroatoms. The Labute approximate surface area is 178 Å². The molecule has 156 valence electrons. The Morgan fingerprint density at radius 1 is 0.966 bits per heavy atom. The summed E-state index contributed by atoms with van der Waals surface area (Å²) in [6, 6.07) is 19.0. The van der Waals surface area contributed by atoms with Gasteiger partial charge in [-0.1, -0.05) is 42.5 Å². The molecule has 2 aromatic rings. The van der Waals surface area contributed by atoms with Crippen LogP contribution < -0.4 is 14.8 Å². The summed E-state index contributed by atoms with van der Waals surface area (Å²) in [6.07, 6.45) is 4.53. The highest BCUT2D eigenvalue weighted by Crippen LogP contribution is 2.30. The van der Waals surface area contributed by atoms with Crippen LogP contribution in [0, 0.1) is 0 Å². The second-order valence-electron chi connectivity index (χ2n) is 7.78. The third kappa shape index (κ3) is 5.43. The molecule has 2 saturated heterocycles. The van der Waals surface area contributed by atoms with E-state index >= 15 is 0 Å². The number of halogens is 1. The van der Waals surface area contributed by atoms with Crippen molar-refractivity contribution >= 4 is 18.3 Å². The number of fused-ring (bicyclic) bond motifs is 2. The summed E-state index contributed by atoms with van der Waals surface area (Å²) in [7, 11) is 1.90. The van der Waals surface area contributed by atoms with Gasteiger partial charge in [-0.05, 0) is 43.4 Å². The van der Waals surface area contributed by atoms with Crippen LogP contribution in [0.15, 0.2) is 54.6 Å². The van der Waals surface area contributed by atoms with Gasteiger partial charge in [0.05, 0.1) is 0 Å². The molecule has 1 amide bonds. The van der Waals surface area contributed by atoms with E-state index in [1.54, 1.807) is 0 Å². The number of hydrogen-bond acceptors (Lipinski definition) is 4. The molecule has 2 aromatic carbocycles. The molecule has 4 rings (SSSR count). The lowest BCUT2D eigenvalue weighted by atomic mass is 9.98. The maximum Gasteiger partial charge on any atom is 0.260 e. The van der Waals surface area contributed by atoms with E-state index in [2.05, 4.69) is 5.32 Å². The van der Waals surface area contributed by atoms with Gasteiger partial charge in [0.15, 0.2) is 18.1 Å². The molecule has 0 radical (unpaired) electrons. The first kappa shape index (κ1) is 21.5. The van der Waals surface area contributed by atoms with Crippen LogP contribution >= 0.6 is 12.4 Å². The van der Waals surface area contributed by atoms with Crippen LogP contribution in [-0.4, -0.2) is 42.6 Å². The SMILES string of the molecule is CN(C(=O)COc1ccccc1OCc1ccccc1)C1CC2CCC(C1)N2.Cl. The Hall–Kier alpha value is -2.24. The Morgan fingerprint density at radius 2 is 1.55 bits per heavy atom. The maximum atomic E-state index is 12.7. The first-order valence-corrected chi connectivity index (χ1v) is 10.1. The van der Waals surface area contributed by atoms with Crippen molar-refractivity contribution in [1.29, 1.82) is 0 Å². The van der Waals surface area contributed by atoms with Gasteiger partial charge in [-0.25, -0.2) is 0 Å². The number of hydrogen-bond donors (Lipinski definition) is 1. The maximum absolute atomic E-state index is 12.7. The minimum Gasteiger partial charge on any atom is -0.485 e. The van der Waals surface area contributed by atoms with Crippen LogP contribution in [-0.2, 0) is 11.4 Å². The average Bonchev–Trinajstić information content (AvgIpc) is 3.08. The molecule has 5 nitrogen and oxygen atoms in total. The third-order valence-corrected chi connectivity index (χ3v) is 5.83. The van der Waals surface area contributed by atoms with E-state index in [1.165, 1.54) is 12.8 Å². The van der Waals surface area contributed by atoms with Crippen molar-refractivity contribution in [2.75, 3.05) is 13.7 Å². The smallest absolute Gasteiger partial charge is 0.260 e. The second-order valence-corrected chi connectivity index (χ2v) is 7.78. The Balaban J connectivity index is 0.00000240. The van der Waals surface area contributed by atoms with Gasteiger partial charge in [-0.3, -0.25) is 4.79 Å². The first-order chi connectivity index (χ1) is 13.7. The van der Waals surface area contributed by atoms with Gasteiger partial charge >= 0.3 is 0 Å². The van der Waals surface area contributed by atoms with Crippen molar-refractivity contribution < 1.29 is 14.3 Å². The Morgan fingerprint density at radius 3 is 2.21 bits per heavy atom. The van der Waals surface area contributed by atoms with Crippen LogP contribution in [0.5, 0.6) is 11.5 Å². The number of nitrogens with zero attached hydrogens (tertiary/aromatic N) is 1. The molecule has 0 spiro atoms. The van der Waals surface area contributed by atoms with Crippen LogP contribution in [0.3, 0.4) is 0 Å². The van der Waals surface area contributed by atoms with Gasteiger partial charge in [-0.15, -0.1) is 12.4 Å². The number of ether oxygens (including phenoxy) is 2. The molecule has 2 unspecified atom stereocenters. The highest BCUT2D eigenvalue weighted by molar-refractivity contribution is 5.85. The minimum absolute atomic E-state index is 0. The zero-order valence-corrected chi connectivity index (χ0v) is 17.6. The molecule has 1 N–H and O–H groups in total. The highest BCUT2D eigenvalue weighted by atomic mass is 35.5. The van der Waals surface area contributed by atoms with Crippen molar-refractivity contribution in [3.8, 4) is 11.5 Å². The van der Waals surface area contributed by atoms with Crippen molar-refractivity contribution in [3.63, 3.8) is 0 Å². The predicted molar refractivity (Wildman–Crippen MR) is 116 cm³/mol. The van der Waals surface area contributed by atoms with Gasteiger partial charge < -0.3 is 19.7 Å². The largest absolute Gasteiger partial charge is 0.485 e. The fourth-order valence-corrected chi connectivity index (χ4v) is 4.21. The van der Waals surface area contributed by atoms with Crippen molar-refractivity contribution in [1.82, 2.24) is 10.2 Å². The molecule has 29 heavy (non-hydrogen) atoms. The van der Waals surface area contributed by atoms with Crippen molar-refractivity contribution in [3.05, 3.63) is 60.2 Å². The van der Waals surface area contributed by atoms with E-state index in [0.29, 0.717) is 36.2 Å². The molecule has 2 heterocycles. The van der Waals surface area contributed by atoms with Crippen LogP contribution in [0.1, 0.15) is 31.2 Å². The van der Waals surface area contributed by atoms with Gasteiger partial charge in [0.25, 0.3) is 5.91 Å². The number of likely N-dealkylation sites (N-methyl/N-ethyl adjacent to an activating group) is 1. The van der Waals surface area contributed by atoms with Gasteiger partial charge in [0, 0.05) is 25.2 Å². The number of amides is 1. The molecular formula is C23H29ClN2O3. The summed E-state index contributed by atoms with van der Waals surface area (Å²) in [5.74, 6) is 1.27. The zero-order chi connectivity index (χ0) is 19.3. The molecule has 0 saturated carbocycles. The molecule has 2 aliphatic rings. The molecule has 2 fully saturated rings. The van der Waals surface area contributed by atoms with Crippen molar-refractivity contribution in [2.45, 2.75) is 50.4 Å². The van der Waals surface area contributed by atoms with E-state index in [0.717, 1.165) is 18.4 Å². The van der Waals surface area contributed by atoms with Gasteiger partial charge in [0.1, 0.15) is 6.61 Å². The topological polar surface area (TPSA) is 50.8 Å². The summed E-state index contributed by atoms with van der Waals surface area (Å²) < 4.78 is 11.7. The molecule has 2 aliphatic heterocycles. The van der Waals surface area contributed by atoms with Gasteiger partial charge in [-0.2, -0.15) is 0 Å². The molecule has 0 aliphatic carbocycles. The number of piperidine rings is 1. The number of benzene rings is 2. The highest BCUT2D eigenvalue weighted by Gasteiger charge is 2.36. The van der Waals surface area contributed by atoms with Crippen LogP contribution in [0.4, 0.5) is 0 Å². The predicted octanol–water partition coefficient (Wildman–Crippen LogP) is 3.81. The quantitative estimate of drug-likeness (QED) is 0.745. The summed E-state index contributed by atoms with van der Waals surface area (Å²) >= 11 is 0. The Kier molecular flexibility index (Phi) is 7.40. The average molecular weight is 417 g/mol. The molecule has 2 bridgehead atoms. The normalized spacial score (nSPS) is 22.4. The summed E-state index contributed by atoms with van der Waals surface area (Å²) in [6.45, 7) is 0.494. The third-order valence-electron chi connectivity index (χ3n) is 5.83. The van der Waals surface area contributed by atoms with Crippen LogP contribution in [0.2, 0.25) is 0 Å².